The third-order valence-corrected chi connectivity index (χ3v) is 3.01. The van der Waals surface area contributed by atoms with Gasteiger partial charge in [-0.25, -0.2) is 14.6 Å². The zero-order chi connectivity index (χ0) is 13.9. The first-order chi connectivity index (χ1) is 8.19. The van der Waals surface area contributed by atoms with Crippen LogP contribution >= 0.6 is 11.3 Å². The molecule has 0 spiro atoms. The number of carbonyl (C=O) groups excluding carboxylic acids is 1. The second-order valence-electron chi connectivity index (χ2n) is 4.74. The number of rotatable bonds is 3. The number of alkyl carbamates (subject to hydrolysis) is 1. The van der Waals surface area contributed by atoms with Gasteiger partial charge in [-0.1, -0.05) is 0 Å². The number of carbonyl (C=O) groups is 2. The van der Waals surface area contributed by atoms with Gasteiger partial charge < -0.3 is 15.2 Å². The van der Waals surface area contributed by atoms with E-state index >= 15 is 0 Å². The summed E-state index contributed by atoms with van der Waals surface area (Å²) in [4.78, 5) is 26.3. The molecule has 0 aliphatic rings. The summed E-state index contributed by atoms with van der Waals surface area (Å²) in [5.74, 6) is -1.02. The van der Waals surface area contributed by atoms with Crippen LogP contribution in [-0.2, 0) is 4.74 Å². The van der Waals surface area contributed by atoms with Crippen LogP contribution in [0.5, 0.6) is 0 Å². The minimum absolute atomic E-state index is 0.142. The number of thiazole rings is 1. The molecular formula is C11H16N2O4S. The molecule has 18 heavy (non-hydrogen) atoms. The van der Waals surface area contributed by atoms with Crippen LogP contribution in [0.3, 0.4) is 0 Å². The van der Waals surface area contributed by atoms with Gasteiger partial charge in [0.25, 0.3) is 0 Å². The predicted octanol–water partition coefficient (Wildman–Crippen LogP) is 2.43. The molecular weight excluding hydrogens is 256 g/mol. The number of hydrogen-bond acceptors (Lipinski definition) is 5. The van der Waals surface area contributed by atoms with Crippen molar-refractivity contribution in [2.75, 3.05) is 0 Å². The zero-order valence-electron chi connectivity index (χ0n) is 10.7. The van der Waals surface area contributed by atoms with E-state index < -0.39 is 23.7 Å². The van der Waals surface area contributed by atoms with Crippen molar-refractivity contribution < 1.29 is 19.4 Å². The molecule has 1 heterocycles. The molecule has 100 valence electrons. The monoisotopic (exact) mass is 272 g/mol. The summed E-state index contributed by atoms with van der Waals surface area (Å²) in [5, 5.41) is 11.9. The van der Waals surface area contributed by atoms with Crippen LogP contribution in [0, 0.1) is 0 Å². The number of carboxylic acids is 1. The second kappa shape index (κ2) is 5.34. The van der Waals surface area contributed by atoms with Crippen LogP contribution in [0.4, 0.5) is 4.79 Å². The van der Waals surface area contributed by atoms with E-state index in [1.54, 1.807) is 27.7 Å². The summed E-state index contributed by atoms with van der Waals surface area (Å²) in [6, 6.07) is -0.391. The van der Waals surface area contributed by atoms with E-state index in [4.69, 9.17) is 9.84 Å². The molecule has 0 fully saturated rings. The maximum atomic E-state index is 11.5. The lowest BCUT2D eigenvalue weighted by Gasteiger charge is -2.21. The Bertz CT molecular complexity index is 450. The number of carboxylic acid groups (broad SMARTS) is 1. The number of hydrogen-bond donors (Lipinski definition) is 2. The van der Waals surface area contributed by atoms with Crippen molar-refractivity contribution in [3.63, 3.8) is 0 Å². The van der Waals surface area contributed by atoms with E-state index in [1.165, 1.54) is 6.20 Å². The van der Waals surface area contributed by atoms with E-state index in [9.17, 15) is 9.59 Å². The molecule has 1 atom stereocenters. The SMILES string of the molecule is CC(NC(=O)OC(C)(C)C)c1ncc(C(=O)O)s1. The molecule has 0 aliphatic carbocycles. The molecule has 1 aromatic heterocycles. The lowest BCUT2D eigenvalue weighted by atomic mass is 10.2. The van der Waals surface area contributed by atoms with Gasteiger partial charge in [0.05, 0.1) is 12.2 Å². The third kappa shape index (κ3) is 4.33. The van der Waals surface area contributed by atoms with Crippen molar-refractivity contribution >= 4 is 23.4 Å². The summed E-state index contributed by atoms with van der Waals surface area (Å²) in [6.45, 7) is 7.02. The Hall–Kier alpha value is -1.63. The number of ether oxygens (including phenoxy) is 1. The van der Waals surface area contributed by atoms with Crippen molar-refractivity contribution in [2.24, 2.45) is 0 Å². The van der Waals surface area contributed by atoms with E-state index in [0.29, 0.717) is 5.01 Å². The van der Waals surface area contributed by atoms with Crippen molar-refractivity contribution in [1.29, 1.82) is 0 Å². The minimum atomic E-state index is -1.02. The summed E-state index contributed by atoms with van der Waals surface area (Å²) in [7, 11) is 0. The summed E-state index contributed by atoms with van der Waals surface area (Å²) in [6.07, 6.45) is 0.720. The van der Waals surface area contributed by atoms with Crippen molar-refractivity contribution in [2.45, 2.75) is 39.3 Å². The Morgan fingerprint density at radius 3 is 2.56 bits per heavy atom. The van der Waals surface area contributed by atoms with E-state index in [0.717, 1.165) is 11.3 Å². The number of nitrogens with zero attached hydrogens (tertiary/aromatic N) is 1. The maximum absolute atomic E-state index is 11.5. The molecule has 0 saturated carbocycles. The first-order valence-electron chi connectivity index (χ1n) is 5.37. The van der Waals surface area contributed by atoms with Gasteiger partial charge in [-0.15, -0.1) is 11.3 Å². The first-order valence-corrected chi connectivity index (χ1v) is 6.19. The molecule has 2 N–H and O–H groups in total. The molecule has 0 aromatic carbocycles. The van der Waals surface area contributed by atoms with Gasteiger partial charge in [-0.3, -0.25) is 0 Å². The standard InChI is InChI=1S/C11H16N2O4S/c1-6(13-10(16)17-11(2,3)4)8-12-5-7(18-8)9(14)15/h5-6H,1-4H3,(H,13,16)(H,14,15). The summed E-state index contributed by atoms with van der Waals surface area (Å²) in [5.41, 5.74) is -0.571. The molecule has 0 aliphatic heterocycles. The molecule has 0 bridgehead atoms. The molecule has 7 heteroatoms. The van der Waals surface area contributed by atoms with Crippen LogP contribution < -0.4 is 5.32 Å². The Labute approximate surface area is 109 Å². The molecule has 1 unspecified atom stereocenters. The smallest absolute Gasteiger partial charge is 0.408 e. The number of amides is 1. The average molecular weight is 272 g/mol. The van der Waals surface area contributed by atoms with Crippen molar-refractivity contribution in [1.82, 2.24) is 10.3 Å². The van der Waals surface area contributed by atoms with E-state index in [2.05, 4.69) is 10.3 Å². The molecule has 0 radical (unpaired) electrons. The highest BCUT2D eigenvalue weighted by Gasteiger charge is 2.20. The maximum Gasteiger partial charge on any atom is 0.408 e. The van der Waals surface area contributed by atoms with Gasteiger partial charge in [0.2, 0.25) is 0 Å². The second-order valence-corrected chi connectivity index (χ2v) is 5.80. The van der Waals surface area contributed by atoms with Gasteiger partial charge in [-0.05, 0) is 27.7 Å². The summed E-state index contributed by atoms with van der Waals surface area (Å²) >= 11 is 1.03. The fourth-order valence-corrected chi connectivity index (χ4v) is 1.89. The van der Waals surface area contributed by atoms with Crippen LogP contribution in [0.15, 0.2) is 6.20 Å². The quantitative estimate of drug-likeness (QED) is 0.882. The summed E-state index contributed by atoms with van der Waals surface area (Å²) < 4.78 is 5.09. The van der Waals surface area contributed by atoms with Crippen LogP contribution in [-0.4, -0.2) is 27.8 Å². The van der Waals surface area contributed by atoms with Gasteiger partial charge in [0.15, 0.2) is 0 Å². The lowest BCUT2D eigenvalue weighted by Crippen LogP contribution is -2.33. The highest BCUT2D eigenvalue weighted by atomic mass is 32.1. The Morgan fingerprint density at radius 1 is 1.50 bits per heavy atom. The van der Waals surface area contributed by atoms with Crippen molar-refractivity contribution in [3.05, 3.63) is 16.1 Å². The number of nitrogens with one attached hydrogen (secondary N) is 1. The zero-order valence-corrected chi connectivity index (χ0v) is 11.5. The highest BCUT2D eigenvalue weighted by molar-refractivity contribution is 7.13. The predicted molar refractivity (Wildman–Crippen MR) is 66.9 cm³/mol. The topological polar surface area (TPSA) is 88.5 Å². The largest absolute Gasteiger partial charge is 0.477 e. The van der Waals surface area contributed by atoms with Crippen LogP contribution in [0.25, 0.3) is 0 Å². The Kier molecular flexibility index (Phi) is 4.28. The molecule has 1 rings (SSSR count). The minimum Gasteiger partial charge on any atom is -0.477 e. The molecule has 0 saturated heterocycles. The van der Waals surface area contributed by atoms with Crippen LogP contribution in [0.1, 0.15) is 48.4 Å². The van der Waals surface area contributed by atoms with Gasteiger partial charge >= 0.3 is 12.1 Å². The van der Waals surface area contributed by atoms with Gasteiger partial charge in [0.1, 0.15) is 15.5 Å². The molecule has 6 nitrogen and oxygen atoms in total. The fourth-order valence-electron chi connectivity index (χ4n) is 1.13. The first kappa shape index (κ1) is 14.4. The highest BCUT2D eigenvalue weighted by Crippen LogP contribution is 2.20. The number of aromatic nitrogens is 1. The lowest BCUT2D eigenvalue weighted by molar-refractivity contribution is 0.0507. The van der Waals surface area contributed by atoms with E-state index in [1.807, 2.05) is 0 Å². The Morgan fingerprint density at radius 2 is 2.11 bits per heavy atom. The normalized spacial score (nSPS) is 12.9. The van der Waals surface area contributed by atoms with E-state index in [-0.39, 0.29) is 4.88 Å². The average Bonchev–Trinajstić information content (AvgIpc) is 2.62. The van der Waals surface area contributed by atoms with Gasteiger partial charge in [-0.2, -0.15) is 0 Å². The molecule has 1 aromatic rings. The van der Waals surface area contributed by atoms with Crippen LogP contribution in [0.2, 0.25) is 0 Å². The van der Waals surface area contributed by atoms with Gasteiger partial charge in [0, 0.05) is 0 Å². The van der Waals surface area contributed by atoms with Crippen molar-refractivity contribution in [3.8, 4) is 0 Å². The molecule has 1 amide bonds. The fraction of sp³-hybridized carbons (Fsp3) is 0.545. The Balaban J connectivity index is 2.62. The number of aromatic carboxylic acids is 1. The third-order valence-electron chi connectivity index (χ3n) is 1.84.